The summed E-state index contributed by atoms with van der Waals surface area (Å²) in [5.74, 6) is -2.32. The molecule has 4 nitrogen and oxygen atoms in total. The van der Waals surface area contributed by atoms with Crippen LogP contribution in [0.5, 0.6) is 0 Å². The zero-order valence-corrected chi connectivity index (χ0v) is 12.9. The first-order chi connectivity index (χ1) is 10.4. The van der Waals surface area contributed by atoms with Gasteiger partial charge in [-0.15, -0.1) is 0 Å². The summed E-state index contributed by atoms with van der Waals surface area (Å²) in [5, 5.41) is 0. The van der Waals surface area contributed by atoms with Crippen LogP contribution in [0.4, 0.5) is 22.0 Å². The van der Waals surface area contributed by atoms with Crippen molar-refractivity contribution in [3.05, 3.63) is 29.3 Å². The number of nitrogens with two attached hydrogens (primary N) is 1. The topological polar surface area (TPSA) is 63.4 Å². The Kier molecular flexibility index (Phi) is 4.71. The first-order valence-corrected chi connectivity index (χ1v) is 8.18. The van der Waals surface area contributed by atoms with Crippen molar-refractivity contribution in [3.8, 4) is 0 Å². The highest BCUT2D eigenvalue weighted by Gasteiger charge is 2.50. The van der Waals surface area contributed by atoms with E-state index < -0.39 is 57.8 Å². The lowest BCUT2D eigenvalue weighted by Gasteiger charge is -2.38. The Morgan fingerprint density at radius 2 is 1.78 bits per heavy atom. The highest BCUT2D eigenvalue weighted by molar-refractivity contribution is 7.89. The highest BCUT2D eigenvalue weighted by Crippen LogP contribution is 2.36. The molecule has 1 aliphatic heterocycles. The molecule has 0 aromatic heterocycles. The van der Waals surface area contributed by atoms with Crippen LogP contribution < -0.4 is 5.73 Å². The van der Waals surface area contributed by atoms with Gasteiger partial charge in [0.1, 0.15) is 22.6 Å². The summed E-state index contributed by atoms with van der Waals surface area (Å²) < 4.78 is 91.8. The fourth-order valence-corrected chi connectivity index (χ4v) is 4.27. The minimum Gasteiger partial charge on any atom is -0.327 e. The molecule has 0 saturated carbocycles. The summed E-state index contributed by atoms with van der Waals surface area (Å²) in [5.41, 5.74) is 5.41. The second-order valence-electron chi connectivity index (χ2n) is 5.50. The van der Waals surface area contributed by atoms with E-state index in [0.717, 1.165) is 0 Å². The number of halogens is 5. The molecule has 2 N–H and O–H groups in total. The third-order valence-corrected chi connectivity index (χ3v) is 5.64. The van der Waals surface area contributed by atoms with Gasteiger partial charge in [0.2, 0.25) is 10.0 Å². The van der Waals surface area contributed by atoms with Gasteiger partial charge in [0.25, 0.3) is 0 Å². The number of benzene rings is 1. The first-order valence-electron chi connectivity index (χ1n) is 6.74. The number of rotatable bonds is 2. The number of hydrogen-bond acceptors (Lipinski definition) is 3. The Hall–Kier alpha value is -1.26. The molecule has 0 aliphatic carbocycles. The van der Waals surface area contributed by atoms with Crippen LogP contribution in [0.2, 0.25) is 0 Å². The summed E-state index contributed by atoms with van der Waals surface area (Å²) in [6.07, 6.45) is -5.37. The van der Waals surface area contributed by atoms with Gasteiger partial charge in [-0.05, 0) is 37.5 Å². The predicted octanol–water partition coefficient (Wildman–Crippen LogP) is 2.32. The van der Waals surface area contributed by atoms with E-state index >= 15 is 0 Å². The van der Waals surface area contributed by atoms with Crippen molar-refractivity contribution < 1.29 is 30.4 Å². The standard InChI is InChI=1S/C13H15F5N2O2S/c1-7-4-10(15)11(5-9(7)14)23(21,22)20-6-8(19)2-3-12(20)13(16,17)18/h4-5,8,12H,2-3,6,19H2,1H3. The Morgan fingerprint density at radius 3 is 2.35 bits per heavy atom. The van der Waals surface area contributed by atoms with E-state index in [1.54, 1.807) is 0 Å². The number of sulfonamides is 1. The lowest BCUT2D eigenvalue weighted by Crippen LogP contribution is -2.56. The van der Waals surface area contributed by atoms with E-state index in [9.17, 15) is 30.4 Å². The average Bonchev–Trinajstić information content (AvgIpc) is 2.41. The number of aryl methyl sites for hydroxylation is 1. The van der Waals surface area contributed by atoms with Gasteiger partial charge in [0.15, 0.2) is 0 Å². The van der Waals surface area contributed by atoms with Crippen molar-refractivity contribution in [2.24, 2.45) is 5.73 Å². The molecular weight excluding hydrogens is 343 g/mol. The molecule has 23 heavy (non-hydrogen) atoms. The maximum atomic E-state index is 13.9. The molecule has 0 bridgehead atoms. The van der Waals surface area contributed by atoms with Crippen molar-refractivity contribution >= 4 is 10.0 Å². The Labute approximate surface area is 130 Å². The summed E-state index contributed by atoms with van der Waals surface area (Å²) >= 11 is 0. The largest absolute Gasteiger partial charge is 0.405 e. The van der Waals surface area contributed by atoms with Crippen LogP contribution in [-0.2, 0) is 10.0 Å². The highest BCUT2D eigenvalue weighted by atomic mass is 32.2. The lowest BCUT2D eigenvalue weighted by molar-refractivity contribution is -0.178. The van der Waals surface area contributed by atoms with Crippen LogP contribution in [-0.4, -0.2) is 37.5 Å². The van der Waals surface area contributed by atoms with Crippen molar-refractivity contribution in [1.82, 2.24) is 4.31 Å². The first kappa shape index (κ1) is 18.1. The fraction of sp³-hybridized carbons (Fsp3) is 0.538. The molecule has 1 fully saturated rings. The molecule has 1 saturated heterocycles. The second-order valence-corrected chi connectivity index (χ2v) is 7.36. The molecule has 2 unspecified atom stereocenters. The molecule has 2 rings (SSSR count). The quantitative estimate of drug-likeness (QED) is 0.826. The number of hydrogen-bond donors (Lipinski definition) is 1. The molecule has 1 aromatic carbocycles. The van der Waals surface area contributed by atoms with Crippen LogP contribution in [0, 0.1) is 18.6 Å². The zero-order chi connectivity index (χ0) is 17.6. The van der Waals surface area contributed by atoms with E-state index in [2.05, 4.69) is 0 Å². The SMILES string of the molecule is Cc1cc(F)c(S(=O)(=O)N2CC(N)CCC2C(F)(F)F)cc1F. The van der Waals surface area contributed by atoms with Crippen molar-refractivity contribution in [1.29, 1.82) is 0 Å². The van der Waals surface area contributed by atoms with Crippen LogP contribution in [0.25, 0.3) is 0 Å². The summed E-state index contributed by atoms with van der Waals surface area (Å²) in [7, 11) is -4.88. The maximum absolute atomic E-state index is 13.9. The predicted molar refractivity (Wildman–Crippen MR) is 72.0 cm³/mol. The number of nitrogens with zero attached hydrogens (tertiary/aromatic N) is 1. The van der Waals surface area contributed by atoms with Crippen LogP contribution in [0.3, 0.4) is 0 Å². The summed E-state index contributed by atoms with van der Waals surface area (Å²) in [6, 6.07) is -2.08. The normalized spacial score (nSPS) is 24.0. The molecule has 1 aromatic rings. The molecular formula is C13H15F5N2O2S. The molecule has 130 valence electrons. The van der Waals surface area contributed by atoms with Gasteiger partial charge in [0, 0.05) is 12.6 Å². The van der Waals surface area contributed by atoms with E-state index in [1.807, 2.05) is 0 Å². The van der Waals surface area contributed by atoms with Crippen LogP contribution in [0.1, 0.15) is 18.4 Å². The van der Waals surface area contributed by atoms with E-state index in [4.69, 9.17) is 5.73 Å². The van der Waals surface area contributed by atoms with E-state index in [1.165, 1.54) is 6.92 Å². The fourth-order valence-electron chi connectivity index (χ4n) is 2.51. The molecule has 1 aliphatic rings. The minimum absolute atomic E-state index is 0.0130. The smallest absolute Gasteiger partial charge is 0.327 e. The molecule has 0 amide bonds. The van der Waals surface area contributed by atoms with Gasteiger partial charge in [-0.1, -0.05) is 0 Å². The van der Waals surface area contributed by atoms with Crippen LogP contribution >= 0.6 is 0 Å². The maximum Gasteiger partial charge on any atom is 0.405 e. The average molecular weight is 358 g/mol. The third kappa shape index (κ3) is 3.48. The molecule has 2 atom stereocenters. The Morgan fingerprint density at radius 1 is 1.17 bits per heavy atom. The summed E-state index contributed by atoms with van der Waals surface area (Å²) in [6.45, 7) is 0.603. The lowest BCUT2D eigenvalue weighted by atomic mass is 10.0. The molecule has 0 radical (unpaired) electrons. The van der Waals surface area contributed by atoms with Gasteiger partial charge < -0.3 is 5.73 Å². The molecule has 1 heterocycles. The summed E-state index contributed by atoms with van der Waals surface area (Å²) in [4.78, 5) is -1.12. The van der Waals surface area contributed by atoms with Crippen molar-refractivity contribution in [2.45, 2.75) is 42.9 Å². The minimum atomic E-state index is -4.88. The zero-order valence-electron chi connectivity index (χ0n) is 12.1. The monoisotopic (exact) mass is 358 g/mol. The van der Waals surface area contributed by atoms with E-state index in [-0.39, 0.29) is 16.3 Å². The Bertz CT molecular complexity index is 705. The number of alkyl halides is 3. The second kappa shape index (κ2) is 5.99. The Balaban J connectivity index is 2.54. The van der Waals surface area contributed by atoms with Gasteiger partial charge in [-0.25, -0.2) is 17.2 Å². The van der Waals surface area contributed by atoms with Crippen molar-refractivity contribution in [3.63, 3.8) is 0 Å². The molecule has 0 spiro atoms. The van der Waals surface area contributed by atoms with E-state index in [0.29, 0.717) is 12.1 Å². The van der Waals surface area contributed by atoms with Crippen molar-refractivity contribution in [2.75, 3.05) is 6.54 Å². The van der Waals surface area contributed by atoms with Gasteiger partial charge >= 0.3 is 6.18 Å². The van der Waals surface area contributed by atoms with Crippen LogP contribution in [0.15, 0.2) is 17.0 Å². The van der Waals surface area contributed by atoms with Gasteiger partial charge in [0.05, 0.1) is 0 Å². The third-order valence-electron chi connectivity index (χ3n) is 3.75. The van der Waals surface area contributed by atoms with Gasteiger partial charge in [-0.2, -0.15) is 17.5 Å². The molecule has 10 heteroatoms. The van der Waals surface area contributed by atoms with Gasteiger partial charge in [-0.3, -0.25) is 0 Å². The number of piperidine rings is 1.